The standard InChI is InChI=1S/C15H20N/c1-2-14-8-11-16(12-9-14)13-10-15-6-4-3-5-7-15/h3-7,10,13-14H,1-2,8-9,11-12H2. The van der Waals surface area contributed by atoms with Gasteiger partial charge in [-0.1, -0.05) is 43.7 Å². The number of hydrogen-bond donors (Lipinski definition) is 0. The van der Waals surface area contributed by atoms with Gasteiger partial charge in [0.05, 0.1) is 0 Å². The topological polar surface area (TPSA) is 3.24 Å². The third-order valence-corrected chi connectivity index (χ3v) is 3.33. The lowest BCUT2D eigenvalue weighted by Gasteiger charge is -2.30. The van der Waals surface area contributed by atoms with Crippen molar-refractivity contribution in [3.05, 3.63) is 49.0 Å². The summed E-state index contributed by atoms with van der Waals surface area (Å²) in [7, 11) is 0. The molecule has 0 bridgehead atoms. The van der Waals surface area contributed by atoms with Crippen molar-refractivity contribution in [3.8, 4) is 0 Å². The van der Waals surface area contributed by atoms with E-state index in [9.17, 15) is 0 Å². The molecule has 1 nitrogen and oxygen atoms in total. The smallest absolute Gasteiger partial charge is 0.0175 e. The van der Waals surface area contributed by atoms with Gasteiger partial charge in [0.1, 0.15) is 0 Å². The van der Waals surface area contributed by atoms with E-state index in [4.69, 9.17) is 0 Å². The van der Waals surface area contributed by atoms with Crippen molar-refractivity contribution in [2.75, 3.05) is 13.1 Å². The Labute approximate surface area is 98.8 Å². The molecule has 0 atom stereocenters. The summed E-state index contributed by atoms with van der Waals surface area (Å²) >= 11 is 0. The van der Waals surface area contributed by atoms with Crippen LogP contribution in [0.2, 0.25) is 0 Å². The van der Waals surface area contributed by atoms with Gasteiger partial charge in [0.2, 0.25) is 0 Å². The van der Waals surface area contributed by atoms with Crippen LogP contribution in [0.3, 0.4) is 0 Å². The summed E-state index contributed by atoms with van der Waals surface area (Å²) in [5.74, 6) is 0.848. The van der Waals surface area contributed by atoms with Gasteiger partial charge >= 0.3 is 0 Å². The highest BCUT2D eigenvalue weighted by Crippen LogP contribution is 2.20. The molecule has 0 N–H and O–H groups in total. The number of likely N-dealkylation sites (tertiary alicyclic amines) is 1. The summed E-state index contributed by atoms with van der Waals surface area (Å²) in [4.78, 5) is 2.42. The van der Waals surface area contributed by atoms with Crippen LogP contribution in [0, 0.1) is 12.8 Å². The monoisotopic (exact) mass is 214 g/mol. The van der Waals surface area contributed by atoms with Gasteiger partial charge in [-0.2, -0.15) is 0 Å². The zero-order valence-corrected chi connectivity index (χ0v) is 9.81. The zero-order valence-electron chi connectivity index (χ0n) is 9.81. The molecule has 0 spiro atoms. The highest BCUT2D eigenvalue weighted by molar-refractivity contribution is 5.48. The first kappa shape index (κ1) is 11.3. The van der Waals surface area contributed by atoms with Gasteiger partial charge in [0.25, 0.3) is 0 Å². The summed E-state index contributed by atoms with van der Waals surface area (Å²) in [5.41, 5.74) is 1.28. The van der Waals surface area contributed by atoms with E-state index in [0.717, 1.165) is 12.3 Å². The molecule has 0 aliphatic carbocycles. The van der Waals surface area contributed by atoms with Crippen LogP contribution in [0.4, 0.5) is 0 Å². The quantitative estimate of drug-likeness (QED) is 0.743. The number of benzene rings is 1. The molecule has 1 radical (unpaired) electrons. The van der Waals surface area contributed by atoms with Crippen molar-refractivity contribution in [2.24, 2.45) is 5.92 Å². The van der Waals surface area contributed by atoms with Gasteiger partial charge in [-0.05, 0) is 36.6 Å². The second kappa shape index (κ2) is 5.74. The Morgan fingerprint density at radius 1 is 1.19 bits per heavy atom. The Kier molecular flexibility index (Phi) is 4.03. The minimum absolute atomic E-state index is 0.848. The molecule has 2 rings (SSSR count). The van der Waals surface area contributed by atoms with E-state index in [-0.39, 0.29) is 0 Å². The molecule has 1 aliphatic heterocycles. The Morgan fingerprint density at radius 3 is 2.50 bits per heavy atom. The van der Waals surface area contributed by atoms with Gasteiger partial charge in [-0.3, -0.25) is 0 Å². The summed E-state index contributed by atoms with van der Waals surface area (Å²) in [6, 6.07) is 10.5. The van der Waals surface area contributed by atoms with Crippen molar-refractivity contribution in [1.29, 1.82) is 0 Å². The molecule has 1 heterocycles. The average Bonchev–Trinajstić information content (AvgIpc) is 2.38. The molecule has 0 aromatic heterocycles. The van der Waals surface area contributed by atoms with Crippen molar-refractivity contribution >= 4 is 6.08 Å². The maximum atomic E-state index is 3.99. The van der Waals surface area contributed by atoms with Crippen molar-refractivity contribution in [2.45, 2.75) is 19.3 Å². The maximum absolute atomic E-state index is 3.99. The summed E-state index contributed by atoms with van der Waals surface area (Å²) in [6.45, 7) is 6.36. The van der Waals surface area contributed by atoms with Crippen LogP contribution in [0.1, 0.15) is 24.8 Å². The fraction of sp³-hybridized carbons (Fsp3) is 0.400. The molecular weight excluding hydrogens is 194 g/mol. The molecule has 1 aromatic carbocycles. The number of rotatable bonds is 3. The van der Waals surface area contributed by atoms with E-state index in [1.54, 1.807) is 0 Å². The summed E-state index contributed by atoms with van der Waals surface area (Å²) in [5, 5.41) is 0. The first-order valence-electron chi connectivity index (χ1n) is 6.15. The normalized spacial score (nSPS) is 18.2. The second-order valence-electron chi connectivity index (χ2n) is 4.49. The van der Waals surface area contributed by atoms with Gasteiger partial charge in [-0.15, -0.1) is 0 Å². The lowest BCUT2D eigenvalue weighted by Crippen LogP contribution is -2.29. The van der Waals surface area contributed by atoms with Crippen LogP contribution in [0.15, 0.2) is 36.5 Å². The minimum atomic E-state index is 0.848. The lowest BCUT2D eigenvalue weighted by molar-refractivity contribution is 0.245. The Bertz CT molecular complexity index is 321. The molecule has 16 heavy (non-hydrogen) atoms. The Morgan fingerprint density at radius 2 is 1.88 bits per heavy atom. The van der Waals surface area contributed by atoms with Crippen LogP contribution in [0.25, 0.3) is 6.08 Å². The van der Waals surface area contributed by atoms with Gasteiger partial charge in [0.15, 0.2) is 0 Å². The third kappa shape index (κ3) is 3.13. The lowest BCUT2D eigenvalue weighted by atomic mass is 9.95. The molecule has 1 heteroatoms. The van der Waals surface area contributed by atoms with Crippen LogP contribution in [-0.2, 0) is 0 Å². The molecule has 0 saturated carbocycles. The molecular formula is C15H20N. The van der Waals surface area contributed by atoms with Crippen LogP contribution in [0.5, 0.6) is 0 Å². The molecule has 1 saturated heterocycles. The molecule has 85 valence electrons. The van der Waals surface area contributed by atoms with E-state index in [1.165, 1.54) is 31.5 Å². The zero-order chi connectivity index (χ0) is 11.2. The molecule has 1 aliphatic rings. The van der Waals surface area contributed by atoms with E-state index in [0.29, 0.717) is 0 Å². The SMILES string of the molecule is [CH2]CC1CCN(C=Cc2ccccc2)CC1. The molecule has 0 unspecified atom stereocenters. The van der Waals surface area contributed by atoms with Gasteiger partial charge in [-0.25, -0.2) is 0 Å². The van der Waals surface area contributed by atoms with Gasteiger partial charge < -0.3 is 4.90 Å². The highest BCUT2D eigenvalue weighted by atomic mass is 15.1. The average molecular weight is 214 g/mol. The predicted molar refractivity (Wildman–Crippen MR) is 69.7 cm³/mol. The van der Waals surface area contributed by atoms with Crippen molar-refractivity contribution < 1.29 is 0 Å². The van der Waals surface area contributed by atoms with Crippen LogP contribution < -0.4 is 0 Å². The van der Waals surface area contributed by atoms with Crippen molar-refractivity contribution in [1.82, 2.24) is 4.90 Å². The fourth-order valence-corrected chi connectivity index (χ4v) is 2.15. The summed E-state index contributed by atoms with van der Waals surface area (Å²) in [6.07, 6.45) is 8.11. The molecule has 0 amide bonds. The van der Waals surface area contributed by atoms with Gasteiger partial charge in [0, 0.05) is 13.1 Å². The van der Waals surface area contributed by atoms with Crippen molar-refractivity contribution in [3.63, 3.8) is 0 Å². The van der Waals surface area contributed by atoms with Crippen LogP contribution >= 0.6 is 0 Å². The van der Waals surface area contributed by atoms with E-state index < -0.39 is 0 Å². The van der Waals surface area contributed by atoms with E-state index in [2.05, 4.69) is 54.4 Å². The largest absolute Gasteiger partial charge is 0.377 e. The van der Waals surface area contributed by atoms with E-state index in [1.807, 2.05) is 0 Å². The third-order valence-electron chi connectivity index (χ3n) is 3.33. The Hall–Kier alpha value is -1.24. The van der Waals surface area contributed by atoms with E-state index >= 15 is 0 Å². The molecule has 1 fully saturated rings. The first-order chi connectivity index (χ1) is 7.88. The first-order valence-corrected chi connectivity index (χ1v) is 6.15. The number of piperidine rings is 1. The number of hydrogen-bond acceptors (Lipinski definition) is 1. The van der Waals surface area contributed by atoms with Crippen LogP contribution in [-0.4, -0.2) is 18.0 Å². The summed E-state index contributed by atoms with van der Waals surface area (Å²) < 4.78 is 0. The molecule has 1 aromatic rings. The maximum Gasteiger partial charge on any atom is 0.0175 e. The fourth-order valence-electron chi connectivity index (χ4n) is 2.15. The highest BCUT2D eigenvalue weighted by Gasteiger charge is 2.14. The second-order valence-corrected chi connectivity index (χ2v) is 4.49. The number of nitrogens with zero attached hydrogens (tertiary/aromatic N) is 1. The Balaban J connectivity index is 1.85. The minimum Gasteiger partial charge on any atom is -0.377 e. The predicted octanol–water partition coefficient (Wildman–Crippen LogP) is 3.59.